The van der Waals surface area contributed by atoms with Crippen molar-refractivity contribution in [3.63, 3.8) is 0 Å². The summed E-state index contributed by atoms with van der Waals surface area (Å²) in [5.41, 5.74) is -0.436. The van der Waals surface area contributed by atoms with Crippen LogP contribution in [0.4, 0.5) is 4.39 Å². The monoisotopic (exact) mass is 129 g/mol. The minimum atomic E-state index is -0.436. The Morgan fingerprint density at radius 3 is 2.44 bits per heavy atom. The molecule has 1 aliphatic heterocycles. The molecule has 1 heterocycles. The van der Waals surface area contributed by atoms with Gasteiger partial charge in [0.15, 0.2) is 0 Å². The van der Waals surface area contributed by atoms with Crippen LogP contribution in [-0.2, 0) is 4.74 Å². The first-order valence-corrected chi connectivity index (χ1v) is 2.84. The maximum atomic E-state index is 12.0. The van der Waals surface area contributed by atoms with E-state index >= 15 is 0 Å². The van der Waals surface area contributed by atoms with Crippen LogP contribution in [0, 0.1) is 16.7 Å². The molecule has 0 N–H and O–H groups in total. The predicted molar refractivity (Wildman–Crippen MR) is 29.5 cm³/mol. The van der Waals surface area contributed by atoms with Crippen LogP contribution in [0.15, 0.2) is 0 Å². The van der Waals surface area contributed by atoms with Crippen LogP contribution in [0.1, 0.15) is 6.42 Å². The molecule has 1 saturated heterocycles. The van der Waals surface area contributed by atoms with E-state index in [4.69, 9.17) is 10.00 Å². The van der Waals surface area contributed by atoms with Crippen molar-refractivity contribution >= 4 is 0 Å². The summed E-state index contributed by atoms with van der Waals surface area (Å²) >= 11 is 0. The third-order valence-electron chi connectivity index (χ3n) is 1.55. The van der Waals surface area contributed by atoms with Gasteiger partial charge >= 0.3 is 0 Å². The van der Waals surface area contributed by atoms with Crippen molar-refractivity contribution in [3.05, 3.63) is 0 Å². The molecule has 0 aliphatic carbocycles. The van der Waals surface area contributed by atoms with Crippen LogP contribution < -0.4 is 0 Å². The smallest absolute Gasteiger partial charge is 0.100 e. The molecule has 0 unspecified atom stereocenters. The summed E-state index contributed by atoms with van der Waals surface area (Å²) in [6.07, 6.45) is 0.281. The Morgan fingerprint density at radius 1 is 1.67 bits per heavy atom. The van der Waals surface area contributed by atoms with E-state index in [0.29, 0.717) is 13.2 Å². The zero-order chi connectivity index (χ0) is 6.74. The van der Waals surface area contributed by atoms with Crippen LogP contribution in [0.5, 0.6) is 0 Å². The summed E-state index contributed by atoms with van der Waals surface area (Å²) in [6.45, 7) is 0.398. The highest BCUT2D eigenvalue weighted by molar-refractivity contribution is 4.92. The summed E-state index contributed by atoms with van der Waals surface area (Å²) in [4.78, 5) is 0. The maximum absolute atomic E-state index is 12.0. The first-order valence-electron chi connectivity index (χ1n) is 2.84. The van der Waals surface area contributed by atoms with Crippen LogP contribution in [0.2, 0.25) is 0 Å². The summed E-state index contributed by atoms with van der Waals surface area (Å²) in [5, 5.41) is 8.23. The molecular formula is C6H8FNO. The van der Waals surface area contributed by atoms with Gasteiger partial charge in [-0.3, -0.25) is 4.39 Å². The van der Waals surface area contributed by atoms with Gasteiger partial charge in [0.2, 0.25) is 0 Å². The fourth-order valence-electron chi connectivity index (χ4n) is 0.785. The molecule has 0 aromatic carbocycles. The highest BCUT2D eigenvalue weighted by atomic mass is 19.1. The van der Waals surface area contributed by atoms with Crippen molar-refractivity contribution < 1.29 is 9.13 Å². The molecule has 50 valence electrons. The average molecular weight is 129 g/mol. The zero-order valence-electron chi connectivity index (χ0n) is 5.06. The number of rotatable bonds is 2. The minimum absolute atomic E-state index is 0.281. The summed E-state index contributed by atoms with van der Waals surface area (Å²) in [7, 11) is 0. The van der Waals surface area contributed by atoms with Crippen molar-refractivity contribution in [1.29, 1.82) is 5.26 Å². The number of nitrogens with zero attached hydrogens (tertiary/aromatic N) is 1. The molecule has 0 bridgehead atoms. The lowest BCUT2D eigenvalue weighted by Gasteiger charge is -2.36. The number of nitriles is 1. The Bertz CT molecular complexity index is 131. The number of alkyl halides is 1. The summed E-state index contributed by atoms with van der Waals surface area (Å²) in [5.74, 6) is 0. The normalized spacial score (nSPS) is 22.2. The quantitative estimate of drug-likeness (QED) is 0.554. The van der Waals surface area contributed by atoms with Gasteiger partial charge in [0, 0.05) is 6.42 Å². The SMILES string of the molecule is N#CCC1(CF)COC1. The second kappa shape index (κ2) is 2.32. The standard InChI is InChI=1S/C6H8FNO/c7-3-6(1-2-8)4-9-5-6/h1,3-5H2. The van der Waals surface area contributed by atoms with Gasteiger partial charge in [-0.1, -0.05) is 0 Å². The first kappa shape index (κ1) is 6.50. The minimum Gasteiger partial charge on any atom is -0.380 e. The summed E-state index contributed by atoms with van der Waals surface area (Å²) < 4.78 is 16.8. The number of hydrogen-bond donors (Lipinski definition) is 0. The lowest BCUT2D eigenvalue weighted by molar-refractivity contribution is -0.120. The lowest BCUT2D eigenvalue weighted by atomic mass is 9.85. The van der Waals surface area contributed by atoms with Crippen molar-refractivity contribution in [3.8, 4) is 6.07 Å². The molecule has 0 aromatic heterocycles. The van der Waals surface area contributed by atoms with Crippen molar-refractivity contribution in [1.82, 2.24) is 0 Å². The third kappa shape index (κ3) is 1.03. The molecular weight excluding hydrogens is 121 g/mol. The molecule has 9 heavy (non-hydrogen) atoms. The second-order valence-electron chi connectivity index (χ2n) is 2.46. The van der Waals surface area contributed by atoms with E-state index in [1.807, 2.05) is 6.07 Å². The fraction of sp³-hybridized carbons (Fsp3) is 0.833. The van der Waals surface area contributed by atoms with Crippen LogP contribution in [0.3, 0.4) is 0 Å². The van der Waals surface area contributed by atoms with E-state index in [1.54, 1.807) is 0 Å². The van der Waals surface area contributed by atoms with Gasteiger partial charge in [0.25, 0.3) is 0 Å². The van der Waals surface area contributed by atoms with E-state index < -0.39 is 12.1 Å². The van der Waals surface area contributed by atoms with Gasteiger partial charge in [0.05, 0.1) is 24.7 Å². The highest BCUT2D eigenvalue weighted by Gasteiger charge is 2.38. The molecule has 0 spiro atoms. The molecule has 2 nitrogen and oxygen atoms in total. The predicted octanol–water partition coefficient (Wildman–Crippen LogP) is 0.886. The molecule has 3 heteroatoms. The van der Waals surface area contributed by atoms with Gasteiger partial charge < -0.3 is 4.74 Å². The van der Waals surface area contributed by atoms with E-state index in [2.05, 4.69) is 0 Å². The van der Waals surface area contributed by atoms with Crippen molar-refractivity contribution in [2.75, 3.05) is 19.9 Å². The molecule has 0 aromatic rings. The number of halogens is 1. The number of ether oxygens (including phenoxy) is 1. The van der Waals surface area contributed by atoms with E-state index in [-0.39, 0.29) is 6.42 Å². The van der Waals surface area contributed by atoms with Crippen LogP contribution in [-0.4, -0.2) is 19.9 Å². The molecule has 1 fully saturated rings. The molecule has 0 atom stereocenters. The number of hydrogen-bond acceptors (Lipinski definition) is 2. The summed E-state index contributed by atoms with van der Waals surface area (Å²) in [6, 6.07) is 1.94. The Labute approximate surface area is 53.2 Å². The third-order valence-corrected chi connectivity index (χ3v) is 1.55. The van der Waals surface area contributed by atoms with Crippen LogP contribution in [0.25, 0.3) is 0 Å². The molecule has 0 amide bonds. The Kier molecular flexibility index (Phi) is 1.68. The largest absolute Gasteiger partial charge is 0.380 e. The van der Waals surface area contributed by atoms with Gasteiger partial charge in [0.1, 0.15) is 6.67 Å². The van der Waals surface area contributed by atoms with E-state index in [1.165, 1.54) is 0 Å². The highest BCUT2D eigenvalue weighted by Crippen LogP contribution is 2.31. The zero-order valence-corrected chi connectivity index (χ0v) is 5.06. The molecule has 0 radical (unpaired) electrons. The Balaban J connectivity index is 2.39. The second-order valence-corrected chi connectivity index (χ2v) is 2.46. The van der Waals surface area contributed by atoms with Gasteiger partial charge in [-0.05, 0) is 0 Å². The topological polar surface area (TPSA) is 33.0 Å². The van der Waals surface area contributed by atoms with Crippen LogP contribution >= 0.6 is 0 Å². The molecule has 0 saturated carbocycles. The maximum Gasteiger partial charge on any atom is 0.100 e. The van der Waals surface area contributed by atoms with E-state index in [0.717, 1.165) is 0 Å². The van der Waals surface area contributed by atoms with Gasteiger partial charge in [-0.2, -0.15) is 5.26 Å². The van der Waals surface area contributed by atoms with Gasteiger partial charge in [-0.15, -0.1) is 0 Å². The van der Waals surface area contributed by atoms with Crippen molar-refractivity contribution in [2.24, 2.45) is 5.41 Å². The van der Waals surface area contributed by atoms with E-state index in [9.17, 15) is 4.39 Å². The Morgan fingerprint density at radius 2 is 2.33 bits per heavy atom. The lowest BCUT2D eigenvalue weighted by Crippen LogP contribution is -2.44. The molecule has 1 aliphatic rings. The van der Waals surface area contributed by atoms with Crippen molar-refractivity contribution in [2.45, 2.75) is 6.42 Å². The molecule has 1 rings (SSSR count). The Hall–Kier alpha value is -0.620. The first-order chi connectivity index (χ1) is 4.33. The van der Waals surface area contributed by atoms with Gasteiger partial charge in [-0.25, -0.2) is 0 Å². The average Bonchev–Trinajstić information content (AvgIpc) is 1.79. The fourth-order valence-corrected chi connectivity index (χ4v) is 0.785.